The Morgan fingerprint density at radius 3 is 2.24 bits per heavy atom. The van der Waals surface area contributed by atoms with Crippen LogP contribution in [0.4, 0.5) is 4.39 Å². The van der Waals surface area contributed by atoms with Crippen molar-refractivity contribution in [2.45, 2.75) is 18.9 Å². The van der Waals surface area contributed by atoms with Gasteiger partial charge in [-0.05, 0) is 23.3 Å². The minimum Gasteiger partial charge on any atom is -0.388 e. The Bertz CT molecular complexity index is 481. The Balaban J connectivity index is 2.23. The number of halogens is 1. The van der Waals surface area contributed by atoms with Gasteiger partial charge in [-0.1, -0.05) is 49.4 Å². The molecule has 2 aromatic rings. The van der Waals surface area contributed by atoms with E-state index in [1.54, 1.807) is 12.1 Å². The fourth-order valence-electron chi connectivity index (χ4n) is 1.92. The van der Waals surface area contributed by atoms with Crippen LogP contribution < -0.4 is 0 Å². The molecule has 0 radical (unpaired) electrons. The highest BCUT2D eigenvalue weighted by Gasteiger charge is 2.18. The molecule has 0 aliphatic heterocycles. The van der Waals surface area contributed by atoms with Crippen LogP contribution in [0.1, 0.15) is 30.1 Å². The number of rotatable bonds is 3. The minimum atomic E-state index is -0.687. The summed E-state index contributed by atoms with van der Waals surface area (Å²) in [7, 11) is 0. The maximum absolute atomic E-state index is 13.1. The van der Waals surface area contributed by atoms with E-state index in [1.807, 2.05) is 37.3 Å². The Kier molecular flexibility index (Phi) is 3.55. The molecule has 1 N–H and O–H groups in total. The van der Waals surface area contributed by atoms with Crippen molar-refractivity contribution < 1.29 is 9.50 Å². The van der Waals surface area contributed by atoms with Gasteiger partial charge in [-0.25, -0.2) is 4.39 Å². The van der Waals surface area contributed by atoms with Crippen LogP contribution in [0.25, 0.3) is 0 Å². The zero-order valence-corrected chi connectivity index (χ0v) is 9.68. The van der Waals surface area contributed by atoms with Crippen molar-refractivity contribution in [2.24, 2.45) is 0 Å². The first-order chi connectivity index (χ1) is 8.18. The average Bonchev–Trinajstić information content (AvgIpc) is 2.38. The molecule has 2 heteroatoms. The first-order valence-electron chi connectivity index (χ1n) is 5.67. The SMILES string of the molecule is CC(c1ccccc1)C(O)c1cccc(F)c1. The Labute approximate surface area is 101 Å². The van der Waals surface area contributed by atoms with Crippen LogP contribution in [0.3, 0.4) is 0 Å². The second kappa shape index (κ2) is 5.11. The minimum absolute atomic E-state index is 0.0574. The summed E-state index contributed by atoms with van der Waals surface area (Å²) in [6.45, 7) is 1.94. The summed E-state index contributed by atoms with van der Waals surface area (Å²) >= 11 is 0. The van der Waals surface area contributed by atoms with Crippen LogP contribution in [0, 0.1) is 5.82 Å². The molecule has 0 heterocycles. The van der Waals surface area contributed by atoms with Crippen molar-refractivity contribution in [2.75, 3.05) is 0 Å². The van der Waals surface area contributed by atoms with Gasteiger partial charge in [-0.2, -0.15) is 0 Å². The van der Waals surface area contributed by atoms with Crippen LogP contribution in [-0.4, -0.2) is 5.11 Å². The molecule has 0 aromatic heterocycles. The second-order valence-electron chi connectivity index (χ2n) is 4.20. The average molecular weight is 230 g/mol. The Morgan fingerprint density at radius 2 is 1.59 bits per heavy atom. The molecule has 2 aromatic carbocycles. The second-order valence-corrected chi connectivity index (χ2v) is 4.20. The zero-order chi connectivity index (χ0) is 12.3. The summed E-state index contributed by atoms with van der Waals surface area (Å²) in [6, 6.07) is 15.9. The predicted octanol–water partition coefficient (Wildman–Crippen LogP) is 3.66. The molecule has 0 aliphatic rings. The summed E-state index contributed by atoms with van der Waals surface area (Å²) in [4.78, 5) is 0. The molecule has 0 saturated heterocycles. The Morgan fingerprint density at radius 1 is 0.941 bits per heavy atom. The third-order valence-corrected chi connectivity index (χ3v) is 2.99. The number of hydrogen-bond acceptors (Lipinski definition) is 1. The lowest BCUT2D eigenvalue weighted by Gasteiger charge is -2.19. The third-order valence-electron chi connectivity index (χ3n) is 2.99. The fourth-order valence-corrected chi connectivity index (χ4v) is 1.92. The van der Waals surface area contributed by atoms with E-state index >= 15 is 0 Å². The van der Waals surface area contributed by atoms with Gasteiger partial charge in [0.2, 0.25) is 0 Å². The highest BCUT2D eigenvalue weighted by Crippen LogP contribution is 2.30. The maximum atomic E-state index is 13.1. The first kappa shape index (κ1) is 11.8. The summed E-state index contributed by atoms with van der Waals surface area (Å²) in [5.41, 5.74) is 1.66. The van der Waals surface area contributed by atoms with Gasteiger partial charge >= 0.3 is 0 Å². The molecular weight excluding hydrogens is 215 g/mol. The fraction of sp³-hybridized carbons (Fsp3) is 0.200. The van der Waals surface area contributed by atoms with E-state index in [9.17, 15) is 9.50 Å². The van der Waals surface area contributed by atoms with E-state index in [-0.39, 0.29) is 11.7 Å². The lowest BCUT2D eigenvalue weighted by Crippen LogP contribution is -2.07. The van der Waals surface area contributed by atoms with Gasteiger partial charge in [-0.3, -0.25) is 0 Å². The van der Waals surface area contributed by atoms with Gasteiger partial charge in [-0.15, -0.1) is 0 Å². The van der Waals surface area contributed by atoms with Gasteiger partial charge in [0.15, 0.2) is 0 Å². The van der Waals surface area contributed by atoms with Crippen molar-refractivity contribution >= 4 is 0 Å². The molecule has 88 valence electrons. The van der Waals surface area contributed by atoms with Crippen LogP contribution in [0.2, 0.25) is 0 Å². The van der Waals surface area contributed by atoms with Crippen molar-refractivity contribution in [3.05, 3.63) is 71.5 Å². The molecule has 0 amide bonds. The van der Waals surface area contributed by atoms with E-state index in [0.717, 1.165) is 5.56 Å². The van der Waals surface area contributed by atoms with Crippen LogP contribution >= 0.6 is 0 Å². The quantitative estimate of drug-likeness (QED) is 0.853. The maximum Gasteiger partial charge on any atom is 0.123 e. The zero-order valence-electron chi connectivity index (χ0n) is 9.68. The van der Waals surface area contributed by atoms with Crippen molar-refractivity contribution in [3.8, 4) is 0 Å². The van der Waals surface area contributed by atoms with Gasteiger partial charge < -0.3 is 5.11 Å². The monoisotopic (exact) mass is 230 g/mol. The highest BCUT2D eigenvalue weighted by atomic mass is 19.1. The highest BCUT2D eigenvalue weighted by molar-refractivity contribution is 5.26. The van der Waals surface area contributed by atoms with E-state index in [2.05, 4.69) is 0 Å². The van der Waals surface area contributed by atoms with E-state index in [0.29, 0.717) is 5.56 Å². The largest absolute Gasteiger partial charge is 0.388 e. The summed E-state index contributed by atoms with van der Waals surface area (Å²) in [6.07, 6.45) is -0.687. The van der Waals surface area contributed by atoms with Crippen molar-refractivity contribution in [1.29, 1.82) is 0 Å². The number of benzene rings is 2. The number of aliphatic hydroxyl groups is 1. The van der Waals surface area contributed by atoms with E-state index in [1.165, 1.54) is 12.1 Å². The van der Waals surface area contributed by atoms with Gasteiger partial charge in [0.05, 0.1) is 6.10 Å². The topological polar surface area (TPSA) is 20.2 Å². The summed E-state index contributed by atoms with van der Waals surface area (Å²) in [5.74, 6) is -0.375. The number of hydrogen-bond donors (Lipinski definition) is 1. The Hall–Kier alpha value is -1.67. The van der Waals surface area contributed by atoms with Crippen LogP contribution in [-0.2, 0) is 0 Å². The third kappa shape index (κ3) is 2.71. The lowest BCUT2D eigenvalue weighted by molar-refractivity contribution is 0.151. The van der Waals surface area contributed by atoms with E-state index < -0.39 is 6.10 Å². The lowest BCUT2D eigenvalue weighted by atomic mass is 9.91. The van der Waals surface area contributed by atoms with Crippen molar-refractivity contribution in [1.82, 2.24) is 0 Å². The molecule has 2 atom stereocenters. The molecule has 0 bridgehead atoms. The molecule has 2 unspecified atom stereocenters. The molecule has 0 aliphatic carbocycles. The smallest absolute Gasteiger partial charge is 0.123 e. The van der Waals surface area contributed by atoms with Crippen LogP contribution in [0.15, 0.2) is 54.6 Å². The van der Waals surface area contributed by atoms with Gasteiger partial charge in [0, 0.05) is 5.92 Å². The summed E-state index contributed by atoms with van der Waals surface area (Å²) < 4.78 is 13.1. The molecular formula is C15H15FO. The predicted molar refractivity (Wildman–Crippen MR) is 66.2 cm³/mol. The standard InChI is InChI=1S/C15H15FO/c1-11(12-6-3-2-4-7-12)15(17)13-8-5-9-14(16)10-13/h2-11,15,17H,1H3. The van der Waals surface area contributed by atoms with E-state index in [4.69, 9.17) is 0 Å². The molecule has 0 saturated carbocycles. The molecule has 1 nitrogen and oxygen atoms in total. The molecule has 17 heavy (non-hydrogen) atoms. The van der Waals surface area contributed by atoms with Crippen molar-refractivity contribution in [3.63, 3.8) is 0 Å². The van der Waals surface area contributed by atoms with Gasteiger partial charge in [0.25, 0.3) is 0 Å². The molecule has 2 rings (SSSR count). The summed E-state index contributed by atoms with van der Waals surface area (Å²) in [5, 5.41) is 10.2. The van der Waals surface area contributed by atoms with Crippen LogP contribution in [0.5, 0.6) is 0 Å². The number of aliphatic hydroxyl groups excluding tert-OH is 1. The normalized spacial score (nSPS) is 14.3. The molecule has 0 fully saturated rings. The van der Waals surface area contributed by atoms with Gasteiger partial charge in [0.1, 0.15) is 5.82 Å². The first-order valence-corrected chi connectivity index (χ1v) is 5.67. The molecule has 0 spiro atoms.